The van der Waals surface area contributed by atoms with Crippen molar-refractivity contribution in [2.45, 2.75) is 6.54 Å². The molecule has 0 amide bonds. The highest BCUT2D eigenvalue weighted by Crippen LogP contribution is 2.26. The lowest BCUT2D eigenvalue weighted by Gasteiger charge is -2.28. The van der Waals surface area contributed by atoms with Crippen LogP contribution in [-0.4, -0.2) is 73.6 Å². The van der Waals surface area contributed by atoms with Gasteiger partial charge in [0.25, 0.3) is 0 Å². The predicted molar refractivity (Wildman–Crippen MR) is 115 cm³/mol. The van der Waals surface area contributed by atoms with E-state index in [1.807, 2.05) is 6.20 Å². The summed E-state index contributed by atoms with van der Waals surface area (Å²) in [6.45, 7) is 9.29. The number of hydrogen-bond acceptors (Lipinski definition) is 5. The Morgan fingerprint density at radius 3 is 2.28 bits per heavy atom. The standard InChI is InChI=1S/C23H28N4O2/c1-3-22(26-11-15-29-16-12-26)4-2-19(1)21-17-20-5-6-27(23(20)24-18-21)8-7-25-9-13-28-14-10-25/h1-6,17-18H,7-16H2. The van der Waals surface area contributed by atoms with Crippen molar-refractivity contribution in [3.8, 4) is 11.1 Å². The van der Waals surface area contributed by atoms with Crippen molar-refractivity contribution in [2.75, 3.05) is 64.1 Å². The molecule has 0 bridgehead atoms. The van der Waals surface area contributed by atoms with Gasteiger partial charge < -0.3 is 18.9 Å². The van der Waals surface area contributed by atoms with Gasteiger partial charge in [-0.15, -0.1) is 0 Å². The van der Waals surface area contributed by atoms with Gasteiger partial charge in [-0.05, 0) is 29.8 Å². The van der Waals surface area contributed by atoms with Crippen LogP contribution in [0.5, 0.6) is 0 Å². The summed E-state index contributed by atoms with van der Waals surface area (Å²) in [5, 5.41) is 1.20. The molecular formula is C23H28N4O2. The van der Waals surface area contributed by atoms with E-state index in [2.05, 4.69) is 57.0 Å². The van der Waals surface area contributed by atoms with Crippen molar-refractivity contribution in [1.82, 2.24) is 14.5 Å². The number of ether oxygens (including phenoxy) is 2. The van der Waals surface area contributed by atoms with Crippen LogP contribution in [0.15, 0.2) is 48.8 Å². The van der Waals surface area contributed by atoms with Crippen LogP contribution in [0.25, 0.3) is 22.2 Å². The number of hydrogen-bond donors (Lipinski definition) is 0. The van der Waals surface area contributed by atoms with Gasteiger partial charge in [-0.1, -0.05) is 12.1 Å². The van der Waals surface area contributed by atoms with Gasteiger partial charge in [-0.25, -0.2) is 4.98 Å². The number of pyridine rings is 1. The van der Waals surface area contributed by atoms with Crippen LogP contribution in [0.1, 0.15) is 0 Å². The Morgan fingerprint density at radius 2 is 1.52 bits per heavy atom. The van der Waals surface area contributed by atoms with Gasteiger partial charge in [-0.3, -0.25) is 4.90 Å². The predicted octanol–water partition coefficient (Wildman–Crippen LogP) is 2.87. The van der Waals surface area contributed by atoms with Crippen LogP contribution in [0.3, 0.4) is 0 Å². The van der Waals surface area contributed by atoms with E-state index in [0.29, 0.717) is 0 Å². The number of aromatic nitrogens is 2. The van der Waals surface area contributed by atoms with E-state index < -0.39 is 0 Å². The molecular weight excluding hydrogens is 364 g/mol. The zero-order valence-electron chi connectivity index (χ0n) is 16.8. The first-order valence-electron chi connectivity index (χ1n) is 10.5. The van der Waals surface area contributed by atoms with Gasteiger partial charge in [0.2, 0.25) is 0 Å². The minimum absolute atomic E-state index is 0.810. The van der Waals surface area contributed by atoms with Crippen LogP contribution in [0.2, 0.25) is 0 Å². The monoisotopic (exact) mass is 392 g/mol. The van der Waals surface area contributed by atoms with Crippen LogP contribution in [-0.2, 0) is 16.0 Å². The second kappa shape index (κ2) is 8.53. The fourth-order valence-electron chi connectivity index (χ4n) is 4.18. The fraction of sp³-hybridized carbons (Fsp3) is 0.435. The Kier molecular flexibility index (Phi) is 5.47. The SMILES string of the molecule is c1cc(N2CCOCC2)ccc1-c1cnc2c(ccn2CCN2CCOCC2)c1. The first-order chi connectivity index (χ1) is 14.4. The number of nitrogens with zero attached hydrogens (tertiary/aromatic N) is 4. The Morgan fingerprint density at radius 1 is 0.793 bits per heavy atom. The van der Waals surface area contributed by atoms with Crippen LogP contribution in [0.4, 0.5) is 5.69 Å². The number of fused-ring (bicyclic) bond motifs is 1. The van der Waals surface area contributed by atoms with Crippen molar-refractivity contribution >= 4 is 16.7 Å². The first kappa shape index (κ1) is 18.6. The van der Waals surface area contributed by atoms with Crippen molar-refractivity contribution in [3.63, 3.8) is 0 Å². The van der Waals surface area contributed by atoms with Gasteiger partial charge in [0.05, 0.1) is 26.4 Å². The third-order valence-corrected chi connectivity index (χ3v) is 5.94. The smallest absolute Gasteiger partial charge is 0.139 e. The Bertz CT molecular complexity index is 941. The quantitative estimate of drug-likeness (QED) is 0.668. The Hall–Kier alpha value is -2.41. The van der Waals surface area contributed by atoms with Gasteiger partial charge in [-0.2, -0.15) is 0 Å². The van der Waals surface area contributed by atoms with Crippen molar-refractivity contribution in [3.05, 3.63) is 48.8 Å². The van der Waals surface area contributed by atoms with Gasteiger partial charge in [0.1, 0.15) is 5.65 Å². The summed E-state index contributed by atoms with van der Waals surface area (Å²) in [6.07, 6.45) is 4.15. The van der Waals surface area contributed by atoms with E-state index in [0.717, 1.165) is 76.9 Å². The molecule has 2 aromatic heterocycles. The molecule has 29 heavy (non-hydrogen) atoms. The molecule has 0 spiro atoms. The molecule has 4 heterocycles. The molecule has 0 atom stereocenters. The van der Waals surface area contributed by atoms with Crippen LogP contribution >= 0.6 is 0 Å². The maximum atomic E-state index is 5.45. The number of benzene rings is 1. The minimum atomic E-state index is 0.810. The normalized spacial score (nSPS) is 18.4. The van der Waals surface area contributed by atoms with Gasteiger partial charge in [0.15, 0.2) is 0 Å². The Balaban J connectivity index is 1.29. The molecule has 6 heteroatoms. The second-order valence-electron chi connectivity index (χ2n) is 7.75. The topological polar surface area (TPSA) is 42.8 Å². The number of morpholine rings is 2. The molecule has 0 radical (unpaired) electrons. The van der Waals surface area contributed by atoms with E-state index in [1.54, 1.807) is 0 Å². The highest BCUT2D eigenvalue weighted by atomic mass is 16.5. The average molecular weight is 393 g/mol. The third-order valence-electron chi connectivity index (χ3n) is 5.94. The first-order valence-corrected chi connectivity index (χ1v) is 10.5. The van der Waals surface area contributed by atoms with Gasteiger partial charge in [0, 0.05) is 68.3 Å². The van der Waals surface area contributed by atoms with E-state index in [-0.39, 0.29) is 0 Å². The lowest BCUT2D eigenvalue weighted by atomic mass is 10.1. The summed E-state index contributed by atoms with van der Waals surface area (Å²) >= 11 is 0. The molecule has 0 saturated carbocycles. The molecule has 5 rings (SSSR count). The molecule has 0 unspecified atom stereocenters. The summed E-state index contributed by atoms with van der Waals surface area (Å²) in [5.74, 6) is 0. The van der Waals surface area contributed by atoms with E-state index in [4.69, 9.17) is 14.5 Å². The summed E-state index contributed by atoms with van der Waals surface area (Å²) in [5.41, 5.74) is 4.70. The Labute approximate surface area is 171 Å². The van der Waals surface area contributed by atoms with Crippen molar-refractivity contribution in [1.29, 1.82) is 0 Å². The molecule has 1 aromatic carbocycles. The molecule has 152 valence electrons. The fourth-order valence-corrected chi connectivity index (χ4v) is 4.18. The summed E-state index contributed by atoms with van der Waals surface area (Å²) < 4.78 is 13.1. The molecule has 2 aliphatic rings. The maximum absolute atomic E-state index is 5.45. The molecule has 0 N–H and O–H groups in total. The van der Waals surface area contributed by atoms with Gasteiger partial charge >= 0.3 is 0 Å². The third kappa shape index (κ3) is 4.15. The highest BCUT2D eigenvalue weighted by molar-refractivity contribution is 5.82. The zero-order valence-corrected chi connectivity index (χ0v) is 16.8. The molecule has 2 saturated heterocycles. The van der Waals surface area contributed by atoms with Crippen LogP contribution < -0.4 is 4.90 Å². The van der Waals surface area contributed by atoms with E-state index in [9.17, 15) is 0 Å². The maximum Gasteiger partial charge on any atom is 0.139 e. The van der Waals surface area contributed by atoms with E-state index >= 15 is 0 Å². The lowest BCUT2D eigenvalue weighted by molar-refractivity contribution is 0.0365. The second-order valence-corrected chi connectivity index (χ2v) is 7.75. The molecule has 0 aliphatic carbocycles. The van der Waals surface area contributed by atoms with Crippen molar-refractivity contribution < 1.29 is 9.47 Å². The molecule has 2 aliphatic heterocycles. The number of anilines is 1. The van der Waals surface area contributed by atoms with Crippen molar-refractivity contribution in [2.24, 2.45) is 0 Å². The summed E-state index contributed by atoms with van der Waals surface area (Å²) in [7, 11) is 0. The van der Waals surface area contributed by atoms with Crippen LogP contribution in [0, 0.1) is 0 Å². The average Bonchev–Trinajstić information content (AvgIpc) is 3.21. The molecule has 2 fully saturated rings. The summed E-state index contributed by atoms with van der Waals surface area (Å²) in [6, 6.07) is 13.2. The lowest BCUT2D eigenvalue weighted by Crippen LogP contribution is -2.38. The number of rotatable bonds is 5. The van der Waals surface area contributed by atoms with E-state index in [1.165, 1.54) is 16.6 Å². The molecule has 3 aromatic rings. The largest absolute Gasteiger partial charge is 0.379 e. The highest BCUT2D eigenvalue weighted by Gasteiger charge is 2.13. The molecule has 6 nitrogen and oxygen atoms in total. The zero-order chi connectivity index (χ0) is 19.5. The minimum Gasteiger partial charge on any atom is -0.379 e. The summed E-state index contributed by atoms with van der Waals surface area (Å²) in [4.78, 5) is 9.62.